The van der Waals surface area contributed by atoms with Crippen LogP contribution in [0.4, 0.5) is 0 Å². The highest BCUT2D eigenvalue weighted by molar-refractivity contribution is 6.38. The Hall–Kier alpha value is -0.700. The van der Waals surface area contributed by atoms with Crippen LogP contribution in [0.5, 0.6) is 5.75 Å². The predicted molar refractivity (Wildman–Crippen MR) is 66.6 cm³/mol. The van der Waals surface area contributed by atoms with Crippen LogP contribution in [-0.4, -0.2) is 11.2 Å². The number of ether oxygens (including phenoxy) is 1. The van der Waals surface area contributed by atoms with E-state index in [0.29, 0.717) is 5.75 Å². The van der Waals surface area contributed by atoms with E-state index in [9.17, 15) is 5.11 Å². The van der Waals surface area contributed by atoms with E-state index in [1.807, 2.05) is 32.0 Å². The Bertz CT molecular complexity index is 361. The zero-order valence-corrected chi connectivity index (χ0v) is 10.7. The van der Waals surface area contributed by atoms with Crippen molar-refractivity contribution in [1.29, 1.82) is 0 Å². The lowest BCUT2D eigenvalue weighted by atomic mass is 10.1. The Kier molecular flexibility index (Phi) is 5.13. The van der Waals surface area contributed by atoms with Gasteiger partial charge in [0.2, 0.25) is 5.22 Å². The van der Waals surface area contributed by atoms with Crippen LogP contribution in [0, 0.1) is 5.92 Å². The summed E-state index contributed by atoms with van der Waals surface area (Å²) >= 11 is 11.8. The second kappa shape index (κ2) is 6.14. The molecule has 0 radical (unpaired) electrons. The fraction of sp³-hybridized carbons (Fsp3) is 0.333. The molecule has 0 bridgehead atoms. The van der Waals surface area contributed by atoms with E-state index < -0.39 is 6.10 Å². The normalized spacial score (nSPS) is 14.6. The van der Waals surface area contributed by atoms with E-state index in [4.69, 9.17) is 27.9 Å². The average Bonchev–Trinajstić information content (AvgIpc) is 2.28. The van der Waals surface area contributed by atoms with Crippen molar-refractivity contribution in [2.24, 2.45) is 5.92 Å². The largest absolute Gasteiger partial charge is 0.444 e. The van der Waals surface area contributed by atoms with Crippen molar-refractivity contribution in [2.45, 2.75) is 20.0 Å². The lowest BCUT2D eigenvalue weighted by Crippen LogP contribution is -2.16. The molecular formula is C12H14Cl2O2. The first-order valence-electron chi connectivity index (χ1n) is 4.98. The molecule has 0 saturated carbocycles. The van der Waals surface area contributed by atoms with Crippen LogP contribution in [-0.2, 0) is 0 Å². The molecule has 1 aromatic carbocycles. The van der Waals surface area contributed by atoms with Crippen LogP contribution >= 0.6 is 23.2 Å². The van der Waals surface area contributed by atoms with E-state index >= 15 is 0 Å². The Morgan fingerprint density at radius 2 is 1.75 bits per heavy atom. The second-order valence-electron chi connectivity index (χ2n) is 3.73. The Morgan fingerprint density at radius 1 is 1.19 bits per heavy atom. The summed E-state index contributed by atoms with van der Waals surface area (Å²) in [5.74, 6) is 0.572. The van der Waals surface area contributed by atoms with Gasteiger partial charge in [-0.1, -0.05) is 43.6 Å². The summed E-state index contributed by atoms with van der Waals surface area (Å²) in [6.07, 6.45) is -0.808. The highest BCUT2D eigenvalue weighted by Crippen LogP contribution is 2.25. The summed E-state index contributed by atoms with van der Waals surface area (Å²) in [5, 5.41) is 9.82. The molecule has 1 unspecified atom stereocenters. The third-order valence-electron chi connectivity index (χ3n) is 2.03. The zero-order chi connectivity index (χ0) is 12.1. The molecule has 1 rings (SSSR count). The van der Waals surface area contributed by atoms with Crippen molar-refractivity contribution in [3.8, 4) is 5.75 Å². The van der Waals surface area contributed by atoms with E-state index in [1.165, 1.54) is 0 Å². The molecule has 2 nitrogen and oxygen atoms in total. The Morgan fingerprint density at radius 3 is 2.25 bits per heavy atom. The van der Waals surface area contributed by atoms with Gasteiger partial charge in [-0.3, -0.25) is 0 Å². The average molecular weight is 261 g/mol. The first kappa shape index (κ1) is 13.4. The number of aliphatic hydroxyl groups excluding tert-OH is 1. The summed E-state index contributed by atoms with van der Waals surface area (Å²) in [5.41, 5.74) is 0. The van der Waals surface area contributed by atoms with Crippen LogP contribution in [0.25, 0.3) is 0 Å². The fourth-order valence-corrected chi connectivity index (χ4v) is 1.54. The molecule has 0 saturated heterocycles. The molecule has 0 heterocycles. The van der Waals surface area contributed by atoms with Gasteiger partial charge in [0.15, 0.2) is 0 Å². The molecular weight excluding hydrogens is 247 g/mol. The van der Waals surface area contributed by atoms with Crippen LogP contribution < -0.4 is 4.74 Å². The molecule has 1 N–H and O–H groups in total. The number of aliphatic hydroxyl groups is 1. The molecule has 0 aliphatic carbocycles. The van der Waals surface area contributed by atoms with Crippen molar-refractivity contribution in [3.63, 3.8) is 0 Å². The van der Waals surface area contributed by atoms with Gasteiger partial charge in [-0.25, -0.2) is 0 Å². The minimum atomic E-state index is -0.808. The second-order valence-corrected chi connectivity index (χ2v) is 4.48. The first-order chi connectivity index (χ1) is 7.52. The maximum Gasteiger partial charge on any atom is 0.211 e. The molecule has 0 aliphatic rings. The van der Waals surface area contributed by atoms with E-state index in [0.717, 1.165) is 0 Å². The molecule has 88 valence electrons. The van der Waals surface area contributed by atoms with Gasteiger partial charge in [0.25, 0.3) is 0 Å². The SMILES string of the molecule is CC(C)C(O)/C(Cl)=C(\Cl)Oc1ccccc1. The number of hydrogen-bond acceptors (Lipinski definition) is 2. The lowest BCUT2D eigenvalue weighted by Gasteiger charge is -2.15. The molecule has 0 aromatic heterocycles. The maximum atomic E-state index is 9.69. The summed E-state index contributed by atoms with van der Waals surface area (Å²) in [6.45, 7) is 3.69. The Balaban J connectivity index is 2.77. The van der Waals surface area contributed by atoms with Gasteiger partial charge in [-0.05, 0) is 29.7 Å². The standard InChI is InChI=1S/C12H14Cl2O2/c1-8(2)11(15)10(13)12(14)16-9-6-4-3-5-7-9/h3-8,11,15H,1-2H3/b12-10-. The molecule has 4 heteroatoms. The zero-order valence-electron chi connectivity index (χ0n) is 9.15. The number of hydrogen-bond donors (Lipinski definition) is 1. The summed E-state index contributed by atoms with van der Waals surface area (Å²) < 4.78 is 5.30. The van der Waals surface area contributed by atoms with Crippen LogP contribution in [0.3, 0.4) is 0 Å². The summed E-state index contributed by atoms with van der Waals surface area (Å²) in [7, 11) is 0. The van der Waals surface area contributed by atoms with Crippen LogP contribution in [0.1, 0.15) is 13.8 Å². The summed E-state index contributed by atoms with van der Waals surface area (Å²) in [4.78, 5) is 0. The predicted octanol–water partition coefficient (Wildman–Crippen LogP) is 3.73. The smallest absolute Gasteiger partial charge is 0.211 e. The van der Waals surface area contributed by atoms with Gasteiger partial charge in [-0.2, -0.15) is 0 Å². The molecule has 0 fully saturated rings. The van der Waals surface area contributed by atoms with Crippen molar-refractivity contribution >= 4 is 23.2 Å². The van der Waals surface area contributed by atoms with Crippen molar-refractivity contribution in [3.05, 3.63) is 40.6 Å². The maximum absolute atomic E-state index is 9.69. The van der Waals surface area contributed by atoms with Crippen LogP contribution in [0.15, 0.2) is 40.6 Å². The van der Waals surface area contributed by atoms with Gasteiger partial charge in [0.1, 0.15) is 10.8 Å². The summed E-state index contributed by atoms with van der Waals surface area (Å²) in [6, 6.07) is 9.04. The molecule has 16 heavy (non-hydrogen) atoms. The van der Waals surface area contributed by atoms with Gasteiger partial charge in [0, 0.05) is 0 Å². The molecule has 0 spiro atoms. The third-order valence-corrected chi connectivity index (χ3v) is 2.80. The quantitative estimate of drug-likeness (QED) is 0.837. The van der Waals surface area contributed by atoms with Crippen molar-refractivity contribution < 1.29 is 9.84 Å². The van der Waals surface area contributed by atoms with Crippen molar-refractivity contribution in [1.82, 2.24) is 0 Å². The van der Waals surface area contributed by atoms with Crippen molar-refractivity contribution in [2.75, 3.05) is 0 Å². The highest BCUT2D eigenvalue weighted by Gasteiger charge is 2.18. The molecule has 0 amide bonds. The lowest BCUT2D eigenvalue weighted by molar-refractivity contribution is 0.164. The fourth-order valence-electron chi connectivity index (χ4n) is 1.05. The first-order valence-corrected chi connectivity index (χ1v) is 5.74. The monoisotopic (exact) mass is 260 g/mol. The van der Waals surface area contributed by atoms with Crippen LogP contribution in [0.2, 0.25) is 0 Å². The van der Waals surface area contributed by atoms with Gasteiger partial charge < -0.3 is 9.84 Å². The van der Waals surface area contributed by atoms with Gasteiger partial charge in [0.05, 0.1) is 6.10 Å². The van der Waals surface area contributed by atoms with E-state index in [1.54, 1.807) is 12.1 Å². The number of halogens is 2. The minimum absolute atomic E-state index is 0.00840. The third kappa shape index (κ3) is 3.71. The number of rotatable bonds is 4. The highest BCUT2D eigenvalue weighted by atomic mass is 35.5. The Labute approximate surface area is 105 Å². The van der Waals surface area contributed by atoms with E-state index in [2.05, 4.69) is 0 Å². The number of benzene rings is 1. The number of para-hydroxylation sites is 1. The molecule has 1 atom stereocenters. The molecule has 0 aliphatic heterocycles. The van der Waals surface area contributed by atoms with E-state index in [-0.39, 0.29) is 16.2 Å². The van der Waals surface area contributed by atoms with Gasteiger partial charge in [-0.15, -0.1) is 0 Å². The topological polar surface area (TPSA) is 29.5 Å². The van der Waals surface area contributed by atoms with Gasteiger partial charge >= 0.3 is 0 Å². The molecule has 1 aromatic rings. The minimum Gasteiger partial charge on any atom is -0.444 e.